The molecule has 52 heavy (non-hydrogen) atoms. The minimum Gasteiger partial charge on any atom is -0.493 e. The molecule has 4 amide bonds. The number of nitrogens with one attached hydrogen (secondary N) is 3. The number of hydrogen-bond acceptors (Lipinski definition) is 10. The fourth-order valence-electron chi connectivity index (χ4n) is 8.98. The number of likely N-dealkylation sites (tertiary alicyclic amines) is 2. The molecule has 3 aliphatic heterocycles. The maximum absolute atomic E-state index is 14.0. The summed E-state index contributed by atoms with van der Waals surface area (Å²) >= 11 is 0. The second-order valence-electron chi connectivity index (χ2n) is 14.7. The number of likely N-dealkylation sites (N-methyl/N-ethyl adjacent to an activating group) is 1. The van der Waals surface area contributed by atoms with Gasteiger partial charge in [0.15, 0.2) is 23.6 Å². The van der Waals surface area contributed by atoms with E-state index in [1.165, 1.54) is 13.8 Å². The fraction of sp³-hybridized carbons (Fsp3) is 0.639. The van der Waals surface area contributed by atoms with Crippen LogP contribution in [0, 0.1) is 0 Å². The van der Waals surface area contributed by atoms with Crippen molar-refractivity contribution in [2.75, 3.05) is 40.3 Å². The van der Waals surface area contributed by atoms with Crippen molar-refractivity contribution in [3.05, 3.63) is 35.1 Å². The summed E-state index contributed by atoms with van der Waals surface area (Å²) in [6.07, 6.45) is 5.05. The van der Waals surface area contributed by atoms with Crippen molar-refractivity contribution in [1.82, 2.24) is 25.8 Å². The quantitative estimate of drug-likeness (QED) is 0.0967. The third-order valence-corrected chi connectivity index (χ3v) is 11.5. The first-order valence-corrected chi connectivity index (χ1v) is 18.2. The van der Waals surface area contributed by atoms with Crippen molar-refractivity contribution in [3.8, 4) is 11.5 Å². The van der Waals surface area contributed by atoms with Crippen molar-refractivity contribution in [1.29, 1.82) is 0 Å². The van der Waals surface area contributed by atoms with Crippen LogP contribution in [0.4, 0.5) is 4.79 Å². The molecule has 3 heterocycles. The van der Waals surface area contributed by atoms with Crippen LogP contribution < -0.4 is 36.9 Å². The van der Waals surface area contributed by atoms with Crippen molar-refractivity contribution < 1.29 is 38.5 Å². The van der Waals surface area contributed by atoms with Gasteiger partial charge in [-0.05, 0) is 83.2 Å². The predicted octanol–water partition coefficient (Wildman–Crippen LogP) is 0.143. The summed E-state index contributed by atoms with van der Waals surface area (Å²) in [4.78, 5) is 59.6. The molecule has 0 saturated carbocycles. The van der Waals surface area contributed by atoms with Crippen molar-refractivity contribution in [3.63, 3.8) is 0 Å². The lowest BCUT2D eigenvalue weighted by Gasteiger charge is -2.61. The summed E-state index contributed by atoms with van der Waals surface area (Å²) in [6.45, 7) is 4.42. The lowest BCUT2D eigenvalue weighted by molar-refractivity contribution is -0.163. The minimum atomic E-state index is -1.13. The Hall–Kier alpha value is -4.57. The normalized spacial score (nSPS) is 28.2. The zero-order valence-corrected chi connectivity index (χ0v) is 30.4. The highest BCUT2D eigenvalue weighted by Gasteiger charge is 2.72. The molecule has 7 atom stereocenters. The van der Waals surface area contributed by atoms with Crippen molar-refractivity contribution in [2.24, 2.45) is 16.5 Å². The second kappa shape index (κ2) is 14.8. The first-order valence-electron chi connectivity index (χ1n) is 18.2. The van der Waals surface area contributed by atoms with Crippen LogP contribution in [0.3, 0.4) is 0 Å². The minimum absolute atomic E-state index is 0.0734. The first-order chi connectivity index (χ1) is 24.8. The molecule has 0 radical (unpaired) electrons. The number of rotatable bonds is 12. The van der Waals surface area contributed by atoms with E-state index in [2.05, 4.69) is 31.9 Å². The summed E-state index contributed by atoms with van der Waals surface area (Å²) in [5.74, 6) is 0.154. The molecule has 0 aromatic heterocycles. The lowest BCUT2D eigenvalue weighted by Crippen LogP contribution is -2.74. The van der Waals surface area contributed by atoms with Gasteiger partial charge in [-0.3, -0.25) is 19.4 Å². The third-order valence-electron chi connectivity index (χ3n) is 11.5. The van der Waals surface area contributed by atoms with Gasteiger partial charge in [-0.25, -0.2) is 4.79 Å². The lowest BCUT2D eigenvalue weighted by atomic mass is 9.50. The van der Waals surface area contributed by atoms with Gasteiger partial charge in [0.05, 0.1) is 24.2 Å². The Kier molecular flexibility index (Phi) is 10.6. The second-order valence-corrected chi connectivity index (χ2v) is 14.7. The Bertz CT molecular complexity index is 1650. The van der Waals surface area contributed by atoms with Crippen molar-refractivity contribution >= 4 is 29.8 Å². The summed E-state index contributed by atoms with van der Waals surface area (Å²) in [6, 6.07) is 1.68. The van der Waals surface area contributed by atoms with Crippen LogP contribution in [0.25, 0.3) is 0 Å². The molecule has 2 aliphatic carbocycles. The van der Waals surface area contributed by atoms with Crippen LogP contribution in [-0.2, 0) is 31.0 Å². The maximum atomic E-state index is 14.0. The average Bonchev–Trinajstić information content (AvgIpc) is 3.47. The average molecular weight is 725 g/mol. The van der Waals surface area contributed by atoms with Crippen LogP contribution in [0.5, 0.6) is 11.5 Å². The Morgan fingerprint density at radius 3 is 2.67 bits per heavy atom. The molecule has 16 nitrogen and oxygen atoms in total. The van der Waals surface area contributed by atoms with E-state index in [9.17, 15) is 24.3 Å². The molecule has 2 saturated heterocycles. The van der Waals surface area contributed by atoms with E-state index >= 15 is 0 Å². The van der Waals surface area contributed by atoms with E-state index in [1.54, 1.807) is 18.1 Å². The zero-order valence-electron chi connectivity index (χ0n) is 30.4. The molecule has 6 rings (SSSR count). The number of hydrogen-bond donors (Lipinski definition) is 6. The van der Waals surface area contributed by atoms with Gasteiger partial charge in [0.1, 0.15) is 17.8 Å². The summed E-state index contributed by atoms with van der Waals surface area (Å²) in [7, 11) is 3.63. The van der Waals surface area contributed by atoms with Gasteiger partial charge < -0.3 is 56.5 Å². The Morgan fingerprint density at radius 2 is 1.94 bits per heavy atom. The molecule has 284 valence electrons. The number of aliphatic imine (C=N–C) groups is 1. The van der Waals surface area contributed by atoms with E-state index in [1.807, 2.05) is 13.1 Å². The van der Waals surface area contributed by atoms with Crippen LogP contribution in [0.1, 0.15) is 69.9 Å². The van der Waals surface area contributed by atoms with Gasteiger partial charge in [0, 0.05) is 44.6 Å². The van der Waals surface area contributed by atoms with Gasteiger partial charge in [0.2, 0.25) is 17.7 Å². The van der Waals surface area contributed by atoms with E-state index < -0.39 is 47.1 Å². The van der Waals surface area contributed by atoms with Crippen LogP contribution in [0.2, 0.25) is 0 Å². The van der Waals surface area contributed by atoms with Crippen LogP contribution in [0.15, 0.2) is 29.0 Å². The Balaban J connectivity index is 1.16. The van der Waals surface area contributed by atoms with Crippen LogP contribution >= 0.6 is 0 Å². The summed E-state index contributed by atoms with van der Waals surface area (Å²) in [5.41, 5.74) is 11.0. The van der Waals surface area contributed by atoms with Gasteiger partial charge in [-0.2, -0.15) is 0 Å². The monoisotopic (exact) mass is 724 g/mol. The maximum Gasteiger partial charge on any atom is 0.415 e. The third kappa shape index (κ3) is 6.62. The largest absolute Gasteiger partial charge is 0.493 e. The van der Waals surface area contributed by atoms with E-state index in [4.69, 9.17) is 25.7 Å². The predicted molar refractivity (Wildman–Crippen MR) is 190 cm³/mol. The van der Waals surface area contributed by atoms with E-state index in [-0.39, 0.29) is 43.5 Å². The smallest absolute Gasteiger partial charge is 0.415 e. The van der Waals surface area contributed by atoms with Gasteiger partial charge >= 0.3 is 6.09 Å². The van der Waals surface area contributed by atoms with Crippen LogP contribution in [-0.4, -0.2) is 121 Å². The molecule has 1 aromatic rings. The standard InChI is InChI=1S/C36H52N8O8/c1-20(41-21(2)45)31(46)42-24(9-7-15-39-33(37)38)32(47)40-19-23-8-5-6-16-44(23)34(48)51-26-12-13-36(49)27-18-22-10-11-25(50-4)29-28(22)35(36,30(26)52-29)14-17-43(27)3/h10-12,20,23-24,27,30,49H,5-9,13-19H2,1-4H3,(H,40,47)(H,41,45)(H,42,46)(H4,37,38,39)/t20-,23?,24-,27+,30-,35-,36+/m0/s1. The van der Waals surface area contributed by atoms with E-state index in [0.29, 0.717) is 55.9 Å². The SMILES string of the molecule is COc1ccc2c3c1O[C@H]1C(OC(=O)N4CCCCC4CNC(=O)[C@H](CCCN=C(N)N)NC(=O)[C@H](C)NC(C)=O)=CC[C@@]4(O)[C@@H](C2)N(C)CC[C@]314. The summed E-state index contributed by atoms with van der Waals surface area (Å²) < 4.78 is 18.6. The number of aliphatic hydroxyl groups is 1. The molecule has 8 N–H and O–H groups in total. The zero-order chi connectivity index (χ0) is 37.4. The Labute approximate surface area is 303 Å². The molecule has 1 aromatic carbocycles. The topological polar surface area (TPSA) is 223 Å². The number of nitrogens with two attached hydrogens (primary N) is 2. The number of methoxy groups -OCH3 is 1. The highest BCUT2D eigenvalue weighted by molar-refractivity contribution is 5.91. The van der Waals surface area contributed by atoms with Gasteiger partial charge in [-0.1, -0.05) is 6.07 Å². The number of nitrogens with zero attached hydrogens (tertiary/aromatic N) is 3. The molecule has 1 unspecified atom stereocenters. The number of carbonyl (C=O) groups is 4. The fourth-order valence-corrected chi connectivity index (χ4v) is 8.98. The molecule has 2 fully saturated rings. The number of guanidine groups is 1. The molecule has 2 bridgehead atoms. The Morgan fingerprint density at radius 1 is 1.15 bits per heavy atom. The van der Waals surface area contributed by atoms with Gasteiger partial charge in [-0.15, -0.1) is 0 Å². The number of piperidine rings is 2. The number of amides is 4. The number of carbonyl (C=O) groups excluding carboxylic acids is 4. The van der Waals surface area contributed by atoms with Gasteiger partial charge in [0.25, 0.3) is 0 Å². The molecule has 5 aliphatic rings. The molecule has 1 spiro atoms. The highest BCUT2D eigenvalue weighted by Crippen LogP contribution is 2.65. The molecular formula is C36H52N8O8. The first kappa shape index (κ1) is 37.2. The van der Waals surface area contributed by atoms with Crippen molar-refractivity contribution in [2.45, 2.75) is 107 Å². The number of benzene rings is 1. The highest BCUT2D eigenvalue weighted by atomic mass is 16.6. The van der Waals surface area contributed by atoms with E-state index in [0.717, 1.165) is 30.5 Å². The molecule has 16 heteroatoms. The number of ether oxygens (including phenoxy) is 3. The summed E-state index contributed by atoms with van der Waals surface area (Å²) in [5, 5.41) is 20.7. The molecular weight excluding hydrogens is 672 g/mol.